The van der Waals surface area contributed by atoms with Crippen LogP contribution in [0.5, 0.6) is 0 Å². The fourth-order valence-electron chi connectivity index (χ4n) is 3.35. The Kier molecular flexibility index (Phi) is 5.49. The summed E-state index contributed by atoms with van der Waals surface area (Å²) < 4.78 is 5.19. The number of hydrogen-bond acceptors (Lipinski definition) is 4. The molecule has 0 saturated carbocycles. The molecule has 1 aliphatic rings. The quantitative estimate of drug-likeness (QED) is 0.581. The number of carbonyl (C=O) groups excluding carboxylic acids is 2. The van der Waals surface area contributed by atoms with Gasteiger partial charge in [-0.15, -0.1) is 0 Å². The molecule has 2 aromatic rings. The molecule has 1 aromatic heterocycles. The van der Waals surface area contributed by atoms with Gasteiger partial charge < -0.3 is 4.74 Å². The van der Waals surface area contributed by atoms with E-state index >= 15 is 0 Å². The van der Waals surface area contributed by atoms with Gasteiger partial charge in [0.2, 0.25) is 0 Å². The van der Waals surface area contributed by atoms with E-state index in [0.717, 1.165) is 23.1 Å². The minimum absolute atomic E-state index is 0.157. The van der Waals surface area contributed by atoms with Crippen molar-refractivity contribution in [3.8, 4) is 0 Å². The molecule has 0 unspecified atom stereocenters. The molecular weight excluding hydrogens is 332 g/mol. The standard InChI is InChI=1S/C21H22O3S/c1-3-14-5-7-15(8-6-14)18-11-17(16-9-10-25-13-16)12-19(22)20(18)21(23)24-4-2/h5-10,12-13,18,20H,3-4,11H2,1-2H3/t18-,20-/m1/s1. The van der Waals surface area contributed by atoms with E-state index in [4.69, 9.17) is 4.74 Å². The number of hydrogen-bond donors (Lipinski definition) is 0. The molecule has 25 heavy (non-hydrogen) atoms. The number of carbonyl (C=O) groups is 2. The van der Waals surface area contributed by atoms with E-state index < -0.39 is 11.9 Å². The van der Waals surface area contributed by atoms with Gasteiger partial charge >= 0.3 is 5.97 Å². The van der Waals surface area contributed by atoms with E-state index in [-0.39, 0.29) is 18.3 Å². The number of aryl methyl sites for hydroxylation is 1. The topological polar surface area (TPSA) is 43.4 Å². The molecule has 3 nitrogen and oxygen atoms in total. The highest BCUT2D eigenvalue weighted by Crippen LogP contribution is 2.40. The summed E-state index contributed by atoms with van der Waals surface area (Å²) in [4.78, 5) is 25.2. The SMILES string of the molecule is CCOC(=O)[C@H]1C(=O)C=C(c2ccsc2)C[C@@H]1c1ccc(CC)cc1. The minimum Gasteiger partial charge on any atom is -0.465 e. The zero-order valence-electron chi connectivity index (χ0n) is 14.5. The molecule has 1 aliphatic carbocycles. The number of ketones is 1. The average molecular weight is 354 g/mol. The van der Waals surface area contributed by atoms with Crippen molar-refractivity contribution in [1.82, 2.24) is 0 Å². The van der Waals surface area contributed by atoms with E-state index in [1.54, 1.807) is 24.3 Å². The third-order valence-corrected chi connectivity index (χ3v) is 5.40. The lowest BCUT2D eigenvalue weighted by atomic mass is 9.74. The van der Waals surface area contributed by atoms with E-state index in [1.807, 2.05) is 29.0 Å². The van der Waals surface area contributed by atoms with Crippen molar-refractivity contribution in [3.05, 3.63) is 63.9 Å². The molecule has 0 bridgehead atoms. The molecule has 130 valence electrons. The summed E-state index contributed by atoms with van der Waals surface area (Å²) >= 11 is 1.61. The van der Waals surface area contributed by atoms with Crippen molar-refractivity contribution in [2.45, 2.75) is 32.6 Å². The second-order valence-corrected chi connectivity index (χ2v) is 7.00. The third kappa shape index (κ3) is 3.74. The molecule has 0 amide bonds. The molecular formula is C21H22O3S. The van der Waals surface area contributed by atoms with Gasteiger partial charge in [0, 0.05) is 5.92 Å². The monoisotopic (exact) mass is 354 g/mol. The van der Waals surface area contributed by atoms with Crippen molar-refractivity contribution < 1.29 is 14.3 Å². The second kappa shape index (κ2) is 7.79. The Balaban J connectivity index is 1.98. The van der Waals surface area contributed by atoms with Crippen LogP contribution in [-0.4, -0.2) is 18.4 Å². The molecule has 2 atom stereocenters. The first kappa shape index (κ1) is 17.6. The van der Waals surface area contributed by atoms with Crippen molar-refractivity contribution in [2.75, 3.05) is 6.61 Å². The van der Waals surface area contributed by atoms with Gasteiger partial charge in [-0.1, -0.05) is 31.2 Å². The lowest BCUT2D eigenvalue weighted by molar-refractivity contribution is -0.151. The van der Waals surface area contributed by atoms with Crippen molar-refractivity contribution >= 4 is 28.7 Å². The van der Waals surface area contributed by atoms with Crippen LogP contribution in [0.15, 0.2) is 47.2 Å². The van der Waals surface area contributed by atoms with E-state index in [9.17, 15) is 9.59 Å². The lowest BCUT2D eigenvalue weighted by Gasteiger charge is -2.29. The first-order valence-electron chi connectivity index (χ1n) is 8.66. The van der Waals surface area contributed by atoms with Crippen LogP contribution in [-0.2, 0) is 20.7 Å². The van der Waals surface area contributed by atoms with Gasteiger partial charge in [-0.25, -0.2) is 0 Å². The van der Waals surface area contributed by atoms with Crippen LogP contribution < -0.4 is 0 Å². The van der Waals surface area contributed by atoms with Crippen LogP contribution in [0.4, 0.5) is 0 Å². The number of esters is 1. The van der Waals surface area contributed by atoms with Gasteiger partial charge in [0.1, 0.15) is 5.92 Å². The van der Waals surface area contributed by atoms with Gasteiger partial charge in [0.15, 0.2) is 5.78 Å². The van der Waals surface area contributed by atoms with Crippen molar-refractivity contribution in [2.24, 2.45) is 5.92 Å². The van der Waals surface area contributed by atoms with Crippen LogP contribution in [0.3, 0.4) is 0 Å². The zero-order chi connectivity index (χ0) is 17.8. The maximum absolute atomic E-state index is 12.7. The molecule has 1 aromatic carbocycles. The first-order valence-corrected chi connectivity index (χ1v) is 9.60. The maximum atomic E-state index is 12.7. The summed E-state index contributed by atoms with van der Waals surface area (Å²) in [6, 6.07) is 10.3. The fraction of sp³-hybridized carbons (Fsp3) is 0.333. The fourth-order valence-corrected chi connectivity index (χ4v) is 4.03. The molecule has 3 rings (SSSR count). The normalized spacial score (nSPS) is 20.2. The Hall–Kier alpha value is -2.20. The lowest BCUT2D eigenvalue weighted by Crippen LogP contribution is -2.34. The highest BCUT2D eigenvalue weighted by molar-refractivity contribution is 7.08. The summed E-state index contributed by atoms with van der Waals surface area (Å²) in [5.41, 5.74) is 4.32. The predicted molar refractivity (Wildman–Crippen MR) is 101 cm³/mol. The maximum Gasteiger partial charge on any atom is 0.317 e. The Labute approximate surface area is 152 Å². The zero-order valence-corrected chi connectivity index (χ0v) is 15.3. The van der Waals surface area contributed by atoms with Crippen LogP contribution in [0.2, 0.25) is 0 Å². The van der Waals surface area contributed by atoms with Gasteiger partial charge in [-0.05, 0) is 64.9 Å². The Morgan fingerprint density at radius 1 is 1.20 bits per heavy atom. The molecule has 1 heterocycles. The molecule has 0 spiro atoms. The number of allylic oxidation sites excluding steroid dienone is 2. The van der Waals surface area contributed by atoms with Crippen LogP contribution in [0.1, 0.15) is 42.9 Å². The molecule has 0 radical (unpaired) electrons. The summed E-state index contributed by atoms with van der Waals surface area (Å²) in [7, 11) is 0. The smallest absolute Gasteiger partial charge is 0.317 e. The largest absolute Gasteiger partial charge is 0.465 e. The summed E-state index contributed by atoms with van der Waals surface area (Å²) in [6.45, 7) is 4.16. The molecule has 0 saturated heterocycles. The van der Waals surface area contributed by atoms with Crippen molar-refractivity contribution in [3.63, 3.8) is 0 Å². The Bertz CT molecular complexity index is 772. The number of thiophene rings is 1. The van der Waals surface area contributed by atoms with Crippen molar-refractivity contribution in [1.29, 1.82) is 0 Å². The predicted octanol–water partition coefficient (Wildman–Crippen LogP) is 4.63. The minimum atomic E-state index is -0.755. The van der Waals surface area contributed by atoms with Gasteiger partial charge in [0.25, 0.3) is 0 Å². The van der Waals surface area contributed by atoms with Crippen LogP contribution in [0, 0.1) is 5.92 Å². The second-order valence-electron chi connectivity index (χ2n) is 6.22. The number of rotatable bonds is 5. The van der Waals surface area contributed by atoms with E-state index in [1.165, 1.54) is 5.56 Å². The van der Waals surface area contributed by atoms with Crippen LogP contribution >= 0.6 is 11.3 Å². The molecule has 4 heteroatoms. The molecule has 0 aliphatic heterocycles. The number of ether oxygens (including phenoxy) is 1. The average Bonchev–Trinajstić information content (AvgIpc) is 3.16. The van der Waals surface area contributed by atoms with Gasteiger partial charge in [-0.3, -0.25) is 9.59 Å². The van der Waals surface area contributed by atoms with Gasteiger partial charge in [0.05, 0.1) is 6.61 Å². The van der Waals surface area contributed by atoms with E-state index in [2.05, 4.69) is 19.1 Å². The number of benzene rings is 1. The van der Waals surface area contributed by atoms with Crippen LogP contribution in [0.25, 0.3) is 5.57 Å². The summed E-state index contributed by atoms with van der Waals surface area (Å²) in [6.07, 6.45) is 3.25. The summed E-state index contributed by atoms with van der Waals surface area (Å²) in [5.74, 6) is -1.51. The van der Waals surface area contributed by atoms with Gasteiger partial charge in [-0.2, -0.15) is 11.3 Å². The first-order chi connectivity index (χ1) is 12.1. The third-order valence-electron chi connectivity index (χ3n) is 4.71. The van der Waals surface area contributed by atoms with E-state index in [0.29, 0.717) is 6.42 Å². The molecule has 0 N–H and O–H groups in total. The molecule has 0 fully saturated rings. The summed E-state index contributed by atoms with van der Waals surface area (Å²) in [5, 5.41) is 4.05. The Morgan fingerprint density at radius 2 is 1.96 bits per heavy atom. The highest BCUT2D eigenvalue weighted by atomic mass is 32.1. The Morgan fingerprint density at radius 3 is 2.56 bits per heavy atom. The highest BCUT2D eigenvalue weighted by Gasteiger charge is 2.39.